The van der Waals surface area contributed by atoms with Crippen LogP contribution in [0.25, 0.3) is 0 Å². The molecule has 0 spiro atoms. The Morgan fingerprint density at radius 1 is 1.33 bits per heavy atom. The van der Waals surface area contributed by atoms with Gasteiger partial charge in [0.15, 0.2) is 0 Å². The molecule has 0 aliphatic heterocycles. The van der Waals surface area contributed by atoms with E-state index in [1.807, 2.05) is 13.0 Å². The Bertz CT molecular complexity index is 581. The largest absolute Gasteiger partial charge is 0.398 e. The third kappa shape index (κ3) is 2.78. The molecule has 92 valence electrons. The lowest BCUT2D eigenvalue weighted by atomic mass is 10.2. The van der Waals surface area contributed by atoms with Gasteiger partial charge in [0.05, 0.1) is 5.02 Å². The molecule has 0 unspecified atom stereocenters. The van der Waals surface area contributed by atoms with Gasteiger partial charge in [-0.3, -0.25) is 4.79 Å². The lowest BCUT2D eigenvalue weighted by Gasteiger charge is -2.07. The number of nitrogens with one attached hydrogen (secondary N) is 1. The molecule has 1 aromatic carbocycles. The molecule has 18 heavy (non-hydrogen) atoms. The number of rotatable bonds is 2. The quantitative estimate of drug-likeness (QED) is 0.817. The second-order valence-electron chi connectivity index (χ2n) is 3.89. The number of hydrogen-bond donors (Lipinski definition) is 2. The van der Waals surface area contributed by atoms with Gasteiger partial charge in [-0.1, -0.05) is 17.7 Å². The Labute approximate surface area is 110 Å². The fourth-order valence-electron chi connectivity index (χ4n) is 1.42. The Hall–Kier alpha value is -2.07. The fourth-order valence-corrected chi connectivity index (χ4v) is 1.54. The Morgan fingerprint density at radius 3 is 2.72 bits per heavy atom. The van der Waals surface area contributed by atoms with Crippen LogP contribution in [0.4, 0.5) is 11.4 Å². The fraction of sp³-hybridized carbons (Fsp3) is 0.0769. The molecule has 0 aliphatic rings. The number of halogens is 1. The molecular formula is C13H12ClN3O. The highest BCUT2D eigenvalue weighted by Gasteiger charge is 2.07. The van der Waals surface area contributed by atoms with E-state index in [9.17, 15) is 4.79 Å². The van der Waals surface area contributed by atoms with Crippen molar-refractivity contribution in [3.05, 3.63) is 52.8 Å². The van der Waals surface area contributed by atoms with Crippen molar-refractivity contribution >= 4 is 28.9 Å². The van der Waals surface area contributed by atoms with E-state index in [0.717, 1.165) is 5.56 Å². The van der Waals surface area contributed by atoms with Crippen LogP contribution in [0.5, 0.6) is 0 Å². The van der Waals surface area contributed by atoms with E-state index in [0.29, 0.717) is 22.1 Å². The maximum absolute atomic E-state index is 11.9. The summed E-state index contributed by atoms with van der Waals surface area (Å²) in [6, 6.07) is 8.53. The number of nitrogens with two attached hydrogens (primary N) is 1. The van der Waals surface area contributed by atoms with E-state index in [1.54, 1.807) is 24.3 Å². The molecule has 1 aromatic heterocycles. The average Bonchev–Trinajstić information content (AvgIpc) is 2.34. The topological polar surface area (TPSA) is 68.0 Å². The van der Waals surface area contributed by atoms with Crippen LogP contribution in [0.3, 0.4) is 0 Å². The third-order valence-electron chi connectivity index (χ3n) is 2.50. The summed E-state index contributed by atoms with van der Waals surface area (Å²) < 4.78 is 0. The minimum Gasteiger partial charge on any atom is -0.398 e. The van der Waals surface area contributed by atoms with Crippen molar-refractivity contribution in [3.63, 3.8) is 0 Å². The number of amides is 1. The second kappa shape index (κ2) is 5.06. The summed E-state index contributed by atoms with van der Waals surface area (Å²) in [5, 5.41) is 3.21. The minimum atomic E-state index is -0.296. The molecule has 0 saturated heterocycles. The number of carbonyl (C=O) groups is 1. The molecule has 0 fully saturated rings. The molecular weight excluding hydrogens is 250 g/mol. The number of anilines is 2. The van der Waals surface area contributed by atoms with Gasteiger partial charge in [-0.15, -0.1) is 0 Å². The van der Waals surface area contributed by atoms with Gasteiger partial charge in [0.25, 0.3) is 5.91 Å². The number of hydrogen-bond acceptors (Lipinski definition) is 3. The standard InChI is InChI=1S/C13H12ClN3O/c1-8-2-4-10(6-11(8)15)17-13(18)12-5-3-9(14)7-16-12/h2-7H,15H2,1H3,(H,17,18). The maximum atomic E-state index is 11.9. The monoisotopic (exact) mass is 261 g/mol. The van der Waals surface area contributed by atoms with Crippen molar-refractivity contribution in [1.29, 1.82) is 0 Å². The van der Waals surface area contributed by atoms with Crippen LogP contribution in [0.15, 0.2) is 36.5 Å². The predicted octanol–water partition coefficient (Wildman–Crippen LogP) is 2.88. The van der Waals surface area contributed by atoms with Crippen LogP contribution >= 0.6 is 11.6 Å². The summed E-state index contributed by atoms with van der Waals surface area (Å²) in [5.41, 5.74) is 8.32. The molecule has 1 heterocycles. The Kier molecular flexibility index (Phi) is 3.48. The van der Waals surface area contributed by atoms with Gasteiger partial charge < -0.3 is 11.1 Å². The predicted molar refractivity (Wildman–Crippen MR) is 72.8 cm³/mol. The minimum absolute atomic E-state index is 0.296. The smallest absolute Gasteiger partial charge is 0.274 e. The van der Waals surface area contributed by atoms with Crippen molar-refractivity contribution in [1.82, 2.24) is 4.98 Å². The third-order valence-corrected chi connectivity index (χ3v) is 2.72. The van der Waals surface area contributed by atoms with E-state index >= 15 is 0 Å². The number of aromatic nitrogens is 1. The molecule has 0 atom stereocenters. The lowest BCUT2D eigenvalue weighted by molar-refractivity contribution is 0.102. The van der Waals surface area contributed by atoms with E-state index in [-0.39, 0.29) is 5.91 Å². The number of benzene rings is 1. The molecule has 0 aliphatic carbocycles. The molecule has 5 heteroatoms. The van der Waals surface area contributed by atoms with Crippen LogP contribution in [0, 0.1) is 6.92 Å². The summed E-state index contributed by atoms with van der Waals surface area (Å²) in [6.07, 6.45) is 1.43. The van der Waals surface area contributed by atoms with Crippen LogP contribution in [-0.4, -0.2) is 10.9 Å². The van der Waals surface area contributed by atoms with Gasteiger partial charge in [0, 0.05) is 17.6 Å². The lowest BCUT2D eigenvalue weighted by Crippen LogP contribution is -2.13. The summed E-state index contributed by atoms with van der Waals surface area (Å²) in [7, 11) is 0. The van der Waals surface area contributed by atoms with E-state index in [4.69, 9.17) is 17.3 Å². The van der Waals surface area contributed by atoms with Gasteiger partial charge in [0.2, 0.25) is 0 Å². The van der Waals surface area contributed by atoms with Crippen LogP contribution in [-0.2, 0) is 0 Å². The van der Waals surface area contributed by atoms with Crippen molar-refractivity contribution in [2.45, 2.75) is 6.92 Å². The summed E-state index contributed by atoms with van der Waals surface area (Å²) in [5.74, 6) is -0.296. The SMILES string of the molecule is Cc1ccc(NC(=O)c2ccc(Cl)cn2)cc1N. The highest BCUT2D eigenvalue weighted by molar-refractivity contribution is 6.30. The van der Waals surface area contributed by atoms with E-state index in [2.05, 4.69) is 10.3 Å². The molecule has 3 N–H and O–H groups in total. The molecule has 0 radical (unpaired) electrons. The van der Waals surface area contributed by atoms with Gasteiger partial charge in [0.1, 0.15) is 5.69 Å². The summed E-state index contributed by atoms with van der Waals surface area (Å²) >= 11 is 5.70. The van der Waals surface area contributed by atoms with Crippen molar-refractivity contribution in [2.75, 3.05) is 11.1 Å². The van der Waals surface area contributed by atoms with E-state index in [1.165, 1.54) is 6.20 Å². The molecule has 2 rings (SSSR count). The first-order valence-corrected chi connectivity index (χ1v) is 5.73. The molecule has 4 nitrogen and oxygen atoms in total. The number of nitrogens with zero attached hydrogens (tertiary/aromatic N) is 1. The average molecular weight is 262 g/mol. The van der Waals surface area contributed by atoms with Gasteiger partial charge in [-0.25, -0.2) is 4.98 Å². The normalized spacial score (nSPS) is 10.1. The van der Waals surface area contributed by atoms with Crippen molar-refractivity contribution < 1.29 is 4.79 Å². The van der Waals surface area contributed by atoms with Crippen LogP contribution < -0.4 is 11.1 Å². The first-order chi connectivity index (χ1) is 8.56. The number of nitrogen functional groups attached to an aromatic ring is 1. The van der Waals surface area contributed by atoms with Gasteiger partial charge >= 0.3 is 0 Å². The van der Waals surface area contributed by atoms with Crippen LogP contribution in [0.2, 0.25) is 5.02 Å². The van der Waals surface area contributed by atoms with Crippen LogP contribution in [0.1, 0.15) is 16.1 Å². The maximum Gasteiger partial charge on any atom is 0.274 e. The van der Waals surface area contributed by atoms with Crippen molar-refractivity contribution in [3.8, 4) is 0 Å². The molecule has 2 aromatic rings. The second-order valence-corrected chi connectivity index (χ2v) is 4.32. The molecule has 0 saturated carbocycles. The Balaban J connectivity index is 2.16. The zero-order chi connectivity index (χ0) is 13.1. The number of aryl methyl sites for hydroxylation is 1. The zero-order valence-electron chi connectivity index (χ0n) is 9.77. The zero-order valence-corrected chi connectivity index (χ0v) is 10.5. The Morgan fingerprint density at radius 2 is 2.11 bits per heavy atom. The first-order valence-electron chi connectivity index (χ1n) is 5.35. The highest BCUT2D eigenvalue weighted by Crippen LogP contribution is 2.17. The van der Waals surface area contributed by atoms with Gasteiger partial charge in [-0.2, -0.15) is 0 Å². The number of carbonyl (C=O) groups excluding carboxylic acids is 1. The van der Waals surface area contributed by atoms with Crippen molar-refractivity contribution in [2.24, 2.45) is 0 Å². The van der Waals surface area contributed by atoms with Gasteiger partial charge in [-0.05, 0) is 36.8 Å². The first kappa shape index (κ1) is 12.4. The summed E-state index contributed by atoms with van der Waals surface area (Å²) in [6.45, 7) is 1.90. The summed E-state index contributed by atoms with van der Waals surface area (Å²) in [4.78, 5) is 15.8. The number of pyridine rings is 1. The highest BCUT2D eigenvalue weighted by atomic mass is 35.5. The molecule has 0 bridgehead atoms. The molecule has 1 amide bonds. The van der Waals surface area contributed by atoms with E-state index < -0.39 is 0 Å².